The summed E-state index contributed by atoms with van der Waals surface area (Å²) >= 11 is 0. The lowest BCUT2D eigenvalue weighted by Gasteiger charge is -2.16. The fourth-order valence-corrected chi connectivity index (χ4v) is 5.71. The van der Waals surface area contributed by atoms with Crippen molar-refractivity contribution in [3.05, 3.63) is 12.2 Å². The third kappa shape index (κ3) is 33.2. The Morgan fingerprint density at radius 2 is 0.905 bits per heavy atom. The monoisotopic (exact) mass is 593 g/mol. The van der Waals surface area contributed by atoms with Crippen LogP contribution in [0.4, 0.5) is 0 Å². The first-order valence-electron chi connectivity index (χ1n) is 18.7. The van der Waals surface area contributed by atoms with E-state index in [1.165, 1.54) is 141 Å². The molecule has 1 N–H and O–H groups in total. The van der Waals surface area contributed by atoms with Gasteiger partial charge in [-0.2, -0.15) is 0 Å². The lowest BCUT2D eigenvalue weighted by atomic mass is 10.0. The van der Waals surface area contributed by atoms with Crippen LogP contribution in [0.25, 0.3) is 0 Å². The average molecular weight is 593 g/mol. The third-order valence-electron chi connectivity index (χ3n) is 8.47. The van der Waals surface area contributed by atoms with Crippen LogP contribution in [0, 0.1) is 0 Å². The van der Waals surface area contributed by atoms with E-state index in [-0.39, 0.29) is 12.4 Å². The van der Waals surface area contributed by atoms with Crippen molar-refractivity contribution in [3.63, 3.8) is 0 Å². The van der Waals surface area contributed by atoms with Crippen molar-refractivity contribution >= 4 is 11.9 Å². The van der Waals surface area contributed by atoms with Crippen molar-refractivity contribution in [3.8, 4) is 0 Å². The van der Waals surface area contributed by atoms with E-state index in [1.54, 1.807) is 0 Å². The summed E-state index contributed by atoms with van der Waals surface area (Å²) in [6.45, 7) is 4.50. The number of ether oxygens (including phenoxy) is 1. The molecule has 0 aliphatic carbocycles. The van der Waals surface area contributed by atoms with Crippen LogP contribution in [0.5, 0.6) is 0 Å². The second kappa shape index (κ2) is 34.2. The van der Waals surface area contributed by atoms with Gasteiger partial charge >= 0.3 is 11.9 Å². The van der Waals surface area contributed by atoms with Crippen LogP contribution in [0.3, 0.4) is 0 Å². The highest BCUT2D eigenvalue weighted by Gasteiger charge is 2.17. The maximum atomic E-state index is 12.3. The van der Waals surface area contributed by atoms with Crippen molar-refractivity contribution in [2.24, 2.45) is 0 Å². The third-order valence-corrected chi connectivity index (χ3v) is 8.47. The normalized spacial score (nSPS) is 12.2. The Morgan fingerprint density at radius 1 is 0.524 bits per heavy atom. The smallest absolute Gasteiger partial charge is 0.307 e. The standard InChI is InChI=1S/C38H72O4/c1-3-5-7-9-11-13-15-16-17-18-19-20-21-22-24-25-27-29-31-33-36(35-37(39)40)42-38(41)34-32-30-28-26-23-14-12-10-8-6-4-2/h10,12,36H,3-9,11,13-35H2,1-2H3,(H,39,40)/b12-10-. The van der Waals surface area contributed by atoms with Gasteiger partial charge in [0, 0.05) is 6.42 Å². The second-order valence-corrected chi connectivity index (χ2v) is 12.8. The van der Waals surface area contributed by atoms with Gasteiger partial charge in [0.15, 0.2) is 0 Å². The van der Waals surface area contributed by atoms with Crippen LogP contribution in [-0.2, 0) is 14.3 Å². The second-order valence-electron chi connectivity index (χ2n) is 12.8. The molecule has 0 aliphatic heterocycles. The molecule has 248 valence electrons. The molecule has 0 rings (SSSR count). The quantitative estimate of drug-likeness (QED) is 0.0458. The molecule has 0 spiro atoms. The predicted octanol–water partition coefficient (Wildman–Crippen LogP) is 12.7. The zero-order valence-electron chi connectivity index (χ0n) is 28.3. The van der Waals surface area contributed by atoms with Crippen molar-refractivity contribution in [1.82, 2.24) is 0 Å². The number of unbranched alkanes of at least 4 members (excludes halogenated alkanes) is 25. The predicted molar refractivity (Wildman–Crippen MR) is 181 cm³/mol. The van der Waals surface area contributed by atoms with Crippen LogP contribution in [0.1, 0.15) is 213 Å². The van der Waals surface area contributed by atoms with Gasteiger partial charge in [-0.3, -0.25) is 9.59 Å². The summed E-state index contributed by atoms with van der Waals surface area (Å²) in [5, 5.41) is 9.24. The zero-order chi connectivity index (χ0) is 30.8. The Labute approximate surface area is 262 Å². The van der Waals surface area contributed by atoms with E-state index in [9.17, 15) is 14.7 Å². The average Bonchev–Trinajstić information content (AvgIpc) is 2.96. The first-order chi connectivity index (χ1) is 20.6. The van der Waals surface area contributed by atoms with Gasteiger partial charge in [-0.05, 0) is 38.5 Å². The van der Waals surface area contributed by atoms with Crippen molar-refractivity contribution < 1.29 is 19.4 Å². The summed E-state index contributed by atoms with van der Waals surface area (Å²) in [6.07, 6.45) is 40.9. The van der Waals surface area contributed by atoms with E-state index in [1.807, 2.05) is 0 Å². The van der Waals surface area contributed by atoms with E-state index < -0.39 is 12.1 Å². The molecule has 1 unspecified atom stereocenters. The molecule has 0 aromatic heterocycles. The molecule has 42 heavy (non-hydrogen) atoms. The topological polar surface area (TPSA) is 63.6 Å². The Kier molecular flexibility index (Phi) is 33.1. The number of rotatable bonds is 34. The Hall–Kier alpha value is -1.32. The van der Waals surface area contributed by atoms with Gasteiger partial charge in [0.2, 0.25) is 0 Å². The van der Waals surface area contributed by atoms with Gasteiger partial charge in [0.05, 0.1) is 6.42 Å². The molecule has 0 saturated heterocycles. The minimum Gasteiger partial charge on any atom is -0.481 e. The number of esters is 1. The number of carboxylic acids is 1. The largest absolute Gasteiger partial charge is 0.481 e. The highest BCUT2D eigenvalue weighted by Crippen LogP contribution is 2.17. The van der Waals surface area contributed by atoms with Gasteiger partial charge in [-0.25, -0.2) is 0 Å². The fraction of sp³-hybridized carbons (Fsp3) is 0.895. The van der Waals surface area contributed by atoms with Crippen molar-refractivity contribution in [2.75, 3.05) is 0 Å². The summed E-state index contributed by atoms with van der Waals surface area (Å²) in [6, 6.07) is 0. The summed E-state index contributed by atoms with van der Waals surface area (Å²) in [4.78, 5) is 23.5. The molecule has 0 radical (unpaired) electrons. The lowest BCUT2D eigenvalue weighted by Crippen LogP contribution is -2.21. The van der Waals surface area contributed by atoms with E-state index in [2.05, 4.69) is 26.0 Å². The van der Waals surface area contributed by atoms with Gasteiger partial charge in [0.25, 0.3) is 0 Å². The minimum absolute atomic E-state index is 0.0729. The van der Waals surface area contributed by atoms with Crippen molar-refractivity contribution in [1.29, 1.82) is 0 Å². The number of hydrogen-bond acceptors (Lipinski definition) is 3. The first kappa shape index (κ1) is 40.7. The van der Waals surface area contributed by atoms with Gasteiger partial charge in [-0.1, -0.05) is 174 Å². The first-order valence-corrected chi connectivity index (χ1v) is 18.7. The molecule has 4 heteroatoms. The molecule has 1 atom stereocenters. The summed E-state index contributed by atoms with van der Waals surface area (Å²) in [7, 11) is 0. The molecule has 0 saturated carbocycles. The Morgan fingerprint density at radius 3 is 1.36 bits per heavy atom. The number of allylic oxidation sites excluding steroid dienone is 2. The van der Waals surface area contributed by atoms with E-state index in [4.69, 9.17) is 4.74 Å². The molecule has 0 aromatic carbocycles. The minimum atomic E-state index is -0.880. The van der Waals surface area contributed by atoms with E-state index in [0.717, 1.165) is 38.5 Å². The van der Waals surface area contributed by atoms with Gasteiger partial charge in [0.1, 0.15) is 6.10 Å². The van der Waals surface area contributed by atoms with Gasteiger partial charge in [-0.15, -0.1) is 0 Å². The van der Waals surface area contributed by atoms with Crippen LogP contribution in [-0.4, -0.2) is 23.1 Å². The van der Waals surface area contributed by atoms with Gasteiger partial charge < -0.3 is 9.84 Å². The Bertz CT molecular complexity index is 600. The van der Waals surface area contributed by atoms with Crippen molar-refractivity contribution in [2.45, 2.75) is 219 Å². The van der Waals surface area contributed by atoms with Crippen LogP contribution >= 0.6 is 0 Å². The fourth-order valence-electron chi connectivity index (χ4n) is 5.71. The number of carbonyl (C=O) groups is 2. The molecular formula is C38H72O4. The van der Waals surface area contributed by atoms with E-state index in [0.29, 0.717) is 12.8 Å². The number of hydrogen-bond donors (Lipinski definition) is 1. The highest BCUT2D eigenvalue weighted by molar-refractivity contribution is 5.71. The molecule has 4 nitrogen and oxygen atoms in total. The SMILES string of the molecule is CCCC/C=C\CCCCCCCC(=O)OC(CCCCCCCCCCCCCCCCCCCCC)CC(=O)O. The Balaban J connectivity index is 3.60. The molecule has 0 amide bonds. The summed E-state index contributed by atoms with van der Waals surface area (Å²) in [5.74, 6) is -1.10. The molecule has 0 aliphatic rings. The lowest BCUT2D eigenvalue weighted by molar-refractivity contribution is -0.153. The molecular weight excluding hydrogens is 520 g/mol. The van der Waals surface area contributed by atoms with E-state index >= 15 is 0 Å². The number of carboxylic acid groups (broad SMARTS) is 1. The summed E-state index contributed by atoms with van der Waals surface area (Å²) < 4.78 is 5.56. The highest BCUT2D eigenvalue weighted by atomic mass is 16.5. The summed E-state index contributed by atoms with van der Waals surface area (Å²) in [5.41, 5.74) is 0. The molecule has 0 fully saturated rings. The number of aliphatic carboxylic acids is 1. The zero-order valence-corrected chi connectivity index (χ0v) is 28.3. The molecule has 0 heterocycles. The molecule has 0 aromatic rings. The molecule has 0 bridgehead atoms. The number of carbonyl (C=O) groups excluding carboxylic acids is 1. The van der Waals surface area contributed by atoms with Crippen LogP contribution in [0.15, 0.2) is 12.2 Å². The van der Waals surface area contributed by atoms with Crippen LogP contribution < -0.4 is 0 Å². The maximum absolute atomic E-state index is 12.3. The maximum Gasteiger partial charge on any atom is 0.307 e. The van der Waals surface area contributed by atoms with Crippen LogP contribution in [0.2, 0.25) is 0 Å².